The Labute approximate surface area is 161 Å². The van der Waals surface area contributed by atoms with Crippen LogP contribution in [0.5, 0.6) is 5.75 Å². The number of benzene rings is 2. The third-order valence-electron chi connectivity index (χ3n) is 4.73. The van der Waals surface area contributed by atoms with E-state index in [0.29, 0.717) is 28.0 Å². The van der Waals surface area contributed by atoms with Crippen LogP contribution in [0.4, 0.5) is 0 Å². The molecule has 0 aliphatic rings. The first-order valence-corrected chi connectivity index (χ1v) is 8.87. The van der Waals surface area contributed by atoms with Crippen LogP contribution in [0.3, 0.4) is 0 Å². The van der Waals surface area contributed by atoms with E-state index in [-0.39, 0.29) is 11.2 Å². The Morgan fingerprint density at radius 3 is 2.46 bits per heavy atom. The van der Waals surface area contributed by atoms with Crippen molar-refractivity contribution in [2.75, 3.05) is 0 Å². The smallest absolute Gasteiger partial charge is 0.192 e. The molecule has 4 N–H and O–H groups in total. The van der Waals surface area contributed by atoms with Gasteiger partial charge in [0.05, 0.1) is 17.1 Å². The van der Waals surface area contributed by atoms with Crippen LogP contribution in [0.2, 0.25) is 0 Å². The van der Waals surface area contributed by atoms with Crippen molar-refractivity contribution in [1.82, 2.24) is 9.97 Å². The maximum Gasteiger partial charge on any atom is 0.192 e. The first-order chi connectivity index (χ1) is 13.5. The summed E-state index contributed by atoms with van der Waals surface area (Å²) in [6.07, 6.45) is 3.50. The highest BCUT2D eigenvalue weighted by Gasteiger charge is 2.10. The van der Waals surface area contributed by atoms with Gasteiger partial charge in [-0.25, -0.2) is 0 Å². The van der Waals surface area contributed by atoms with E-state index in [1.807, 2.05) is 42.5 Å². The zero-order valence-corrected chi connectivity index (χ0v) is 15.3. The Bertz CT molecular complexity index is 1240. The van der Waals surface area contributed by atoms with E-state index in [0.717, 1.165) is 16.6 Å². The summed E-state index contributed by atoms with van der Waals surface area (Å²) >= 11 is 0. The monoisotopic (exact) mass is 369 g/mol. The highest BCUT2D eigenvalue weighted by atomic mass is 16.3. The molecule has 0 saturated carbocycles. The van der Waals surface area contributed by atoms with Crippen LogP contribution in [0.1, 0.15) is 17.0 Å². The first-order valence-electron chi connectivity index (χ1n) is 8.87. The molecule has 2 heterocycles. The lowest BCUT2D eigenvalue weighted by molar-refractivity contribution is 0.475. The van der Waals surface area contributed by atoms with Crippen molar-refractivity contribution in [2.24, 2.45) is 5.73 Å². The normalized spacial score (nSPS) is 11.7. The highest BCUT2D eigenvalue weighted by molar-refractivity contribution is 5.85. The molecule has 5 heteroatoms. The molecule has 0 aliphatic heterocycles. The number of hydrogen-bond donors (Lipinski definition) is 3. The van der Waals surface area contributed by atoms with Crippen LogP contribution in [-0.2, 0) is 0 Å². The quantitative estimate of drug-likeness (QED) is 0.508. The van der Waals surface area contributed by atoms with Gasteiger partial charge in [0.25, 0.3) is 0 Å². The molecular formula is C23H19N3O2. The summed E-state index contributed by atoms with van der Waals surface area (Å²) in [5, 5.41) is 10.0. The van der Waals surface area contributed by atoms with Crippen molar-refractivity contribution in [3.05, 3.63) is 94.0 Å². The molecule has 0 saturated heterocycles. The van der Waals surface area contributed by atoms with E-state index >= 15 is 0 Å². The van der Waals surface area contributed by atoms with Crippen molar-refractivity contribution < 1.29 is 5.11 Å². The third kappa shape index (κ3) is 3.25. The van der Waals surface area contributed by atoms with E-state index in [2.05, 4.69) is 9.97 Å². The summed E-state index contributed by atoms with van der Waals surface area (Å²) in [5.41, 5.74) is 11.2. The summed E-state index contributed by atoms with van der Waals surface area (Å²) in [4.78, 5) is 20.3. The van der Waals surface area contributed by atoms with Gasteiger partial charge in [0.15, 0.2) is 5.43 Å². The molecule has 0 bridgehead atoms. The second-order valence-electron chi connectivity index (χ2n) is 6.62. The maximum atomic E-state index is 12.6. The number of pyridine rings is 2. The number of nitrogens with zero attached hydrogens (tertiary/aromatic N) is 1. The molecule has 0 atom stereocenters. The molecule has 0 amide bonds. The maximum absolute atomic E-state index is 12.6. The van der Waals surface area contributed by atoms with Gasteiger partial charge in [-0.15, -0.1) is 0 Å². The van der Waals surface area contributed by atoms with E-state index in [1.54, 1.807) is 37.4 Å². The molecular weight excluding hydrogens is 350 g/mol. The Morgan fingerprint density at radius 1 is 1.04 bits per heavy atom. The lowest BCUT2D eigenvalue weighted by atomic mass is 10.1. The molecule has 0 radical (unpaired) electrons. The predicted octanol–water partition coefficient (Wildman–Crippen LogP) is 4.06. The SMILES string of the molecule is Cc1c(C(N)=Cc2ccc(-c3ccc(O)cc3)cn2)[nH]c2ccccc2c1=O. The molecule has 2 aromatic heterocycles. The number of aromatic nitrogens is 2. The van der Waals surface area contributed by atoms with Gasteiger partial charge in [0.2, 0.25) is 0 Å². The molecule has 0 spiro atoms. The number of H-pyrrole nitrogens is 1. The third-order valence-corrected chi connectivity index (χ3v) is 4.73. The number of aromatic hydroxyl groups is 1. The predicted molar refractivity (Wildman–Crippen MR) is 113 cm³/mol. The molecule has 5 nitrogen and oxygen atoms in total. The number of aromatic amines is 1. The standard InChI is InChI=1S/C23H19N3O2/c1-14-22(26-21-5-3-2-4-19(21)23(14)28)20(24)12-17-9-6-16(13-25-17)15-7-10-18(27)11-8-15/h2-13,27H,24H2,1H3,(H,26,28). The molecule has 4 rings (SSSR count). The zero-order chi connectivity index (χ0) is 19.7. The van der Waals surface area contributed by atoms with Gasteiger partial charge in [0.1, 0.15) is 5.75 Å². The van der Waals surface area contributed by atoms with Crippen molar-refractivity contribution in [2.45, 2.75) is 6.92 Å². The van der Waals surface area contributed by atoms with E-state index < -0.39 is 0 Å². The van der Waals surface area contributed by atoms with Crippen molar-refractivity contribution in [1.29, 1.82) is 0 Å². The number of para-hydroxylation sites is 1. The first kappa shape index (κ1) is 17.5. The van der Waals surface area contributed by atoms with Crippen molar-refractivity contribution in [3.63, 3.8) is 0 Å². The minimum atomic E-state index is -0.0312. The molecule has 2 aromatic carbocycles. The van der Waals surface area contributed by atoms with Crippen molar-refractivity contribution >= 4 is 22.7 Å². The Balaban J connectivity index is 1.69. The van der Waals surface area contributed by atoms with Gasteiger partial charge >= 0.3 is 0 Å². The second-order valence-corrected chi connectivity index (χ2v) is 6.62. The summed E-state index contributed by atoms with van der Waals surface area (Å²) < 4.78 is 0. The molecule has 28 heavy (non-hydrogen) atoms. The fraction of sp³-hybridized carbons (Fsp3) is 0.0435. The Morgan fingerprint density at radius 2 is 1.75 bits per heavy atom. The van der Waals surface area contributed by atoms with Gasteiger partial charge in [-0.2, -0.15) is 0 Å². The average molecular weight is 369 g/mol. The zero-order valence-electron chi connectivity index (χ0n) is 15.3. The van der Waals surface area contributed by atoms with Gasteiger partial charge < -0.3 is 15.8 Å². The van der Waals surface area contributed by atoms with E-state index in [1.165, 1.54) is 0 Å². The Hall–Kier alpha value is -3.86. The minimum absolute atomic E-state index is 0.0312. The summed E-state index contributed by atoms with van der Waals surface area (Å²) in [5.74, 6) is 0.226. The molecule has 0 aliphatic carbocycles. The van der Waals surface area contributed by atoms with Crippen LogP contribution >= 0.6 is 0 Å². The summed E-state index contributed by atoms with van der Waals surface area (Å²) in [6.45, 7) is 1.77. The van der Waals surface area contributed by atoms with E-state index in [4.69, 9.17) is 5.73 Å². The average Bonchev–Trinajstić information content (AvgIpc) is 2.72. The Kier molecular flexibility index (Phi) is 4.41. The minimum Gasteiger partial charge on any atom is -0.508 e. The number of nitrogens with one attached hydrogen (secondary N) is 1. The van der Waals surface area contributed by atoms with Crippen molar-refractivity contribution in [3.8, 4) is 16.9 Å². The number of phenolic OH excluding ortho intramolecular Hbond substituents is 1. The number of phenols is 1. The lowest BCUT2D eigenvalue weighted by Crippen LogP contribution is -2.13. The van der Waals surface area contributed by atoms with Crippen LogP contribution in [0.25, 0.3) is 33.8 Å². The number of hydrogen-bond acceptors (Lipinski definition) is 4. The highest BCUT2D eigenvalue weighted by Crippen LogP contribution is 2.22. The topological polar surface area (TPSA) is 92.0 Å². The number of fused-ring (bicyclic) bond motifs is 1. The largest absolute Gasteiger partial charge is 0.508 e. The van der Waals surface area contributed by atoms with Gasteiger partial charge in [-0.1, -0.05) is 30.3 Å². The van der Waals surface area contributed by atoms with Crippen LogP contribution < -0.4 is 11.2 Å². The van der Waals surface area contributed by atoms with Gasteiger partial charge in [-0.05, 0) is 48.9 Å². The van der Waals surface area contributed by atoms with E-state index in [9.17, 15) is 9.90 Å². The number of nitrogens with two attached hydrogens (primary N) is 1. The molecule has 138 valence electrons. The summed E-state index contributed by atoms with van der Waals surface area (Å²) in [7, 11) is 0. The number of rotatable bonds is 3. The lowest BCUT2D eigenvalue weighted by Gasteiger charge is -2.09. The fourth-order valence-corrected chi connectivity index (χ4v) is 3.17. The molecule has 0 unspecified atom stereocenters. The van der Waals surface area contributed by atoms with Gasteiger partial charge in [0, 0.05) is 28.2 Å². The van der Waals surface area contributed by atoms with Gasteiger partial charge in [-0.3, -0.25) is 9.78 Å². The van der Waals surface area contributed by atoms with Crippen LogP contribution in [0, 0.1) is 6.92 Å². The summed E-state index contributed by atoms with van der Waals surface area (Å²) in [6, 6.07) is 18.1. The second kappa shape index (κ2) is 7.04. The molecule has 0 fully saturated rings. The fourth-order valence-electron chi connectivity index (χ4n) is 3.17. The van der Waals surface area contributed by atoms with Crippen LogP contribution in [-0.4, -0.2) is 15.1 Å². The molecule has 4 aromatic rings. The van der Waals surface area contributed by atoms with Crippen LogP contribution in [0.15, 0.2) is 71.7 Å².